The van der Waals surface area contributed by atoms with Gasteiger partial charge < -0.3 is 5.32 Å². The van der Waals surface area contributed by atoms with Gasteiger partial charge in [-0.15, -0.1) is 0 Å². The van der Waals surface area contributed by atoms with Crippen molar-refractivity contribution < 1.29 is 12.8 Å². The Balaban J connectivity index is 1.61. The number of thiazole rings is 1. The third-order valence-electron chi connectivity index (χ3n) is 5.64. The van der Waals surface area contributed by atoms with E-state index in [0.29, 0.717) is 11.6 Å². The summed E-state index contributed by atoms with van der Waals surface area (Å²) in [4.78, 5) is 5.77. The van der Waals surface area contributed by atoms with E-state index in [1.165, 1.54) is 31.4 Å². The smallest absolute Gasteiger partial charge is 0.262 e. The minimum atomic E-state index is -3.90. The molecule has 32 heavy (non-hydrogen) atoms. The fraction of sp³-hybridized carbons (Fsp3) is 0.348. The zero-order valence-electron chi connectivity index (χ0n) is 17.9. The van der Waals surface area contributed by atoms with E-state index in [9.17, 15) is 12.8 Å². The second kappa shape index (κ2) is 9.37. The average molecular weight is 494 g/mol. The number of aryl methyl sites for hydroxylation is 2. The molecule has 5 nitrogen and oxygen atoms in total. The first-order valence-corrected chi connectivity index (χ1v) is 13.2. The van der Waals surface area contributed by atoms with E-state index in [0.717, 1.165) is 40.2 Å². The van der Waals surface area contributed by atoms with Crippen molar-refractivity contribution in [2.45, 2.75) is 56.9 Å². The standard InChI is InChI=1S/C23H25ClFN3O2S2/c1-14-8-9-16(22-15(2)26-23(31-22)27-17-6-4-3-5-7-17)12-21(14)32(29,30)28-18-10-11-20(25)19(24)13-18/h8-13,17,28H,3-7H2,1-2H3,(H,26,27). The van der Waals surface area contributed by atoms with Gasteiger partial charge >= 0.3 is 0 Å². The molecule has 0 spiro atoms. The number of rotatable bonds is 6. The largest absolute Gasteiger partial charge is 0.359 e. The summed E-state index contributed by atoms with van der Waals surface area (Å²) in [5.41, 5.74) is 2.46. The normalized spacial score (nSPS) is 15.0. The second-order valence-corrected chi connectivity index (χ2v) is 11.2. The molecular formula is C23H25ClFN3O2S2. The van der Waals surface area contributed by atoms with Crippen LogP contribution < -0.4 is 10.0 Å². The highest BCUT2D eigenvalue weighted by Gasteiger charge is 2.21. The summed E-state index contributed by atoms with van der Waals surface area (Å²) in [6.07, 6.45) is 6.07. The molecule has 0 aliphatic heterocycles. The summed E-state index contributed by atoms with van der Waals surface area (Å²) in [7, 11) is -3.90. The van der Waals surface area contributed by atoms with E-state index in [4.69, 9.17) is 11.6 Å². The molecule has 3 aromatic rings. The van der Waals surface area contributed by atoms with Crippen LogP contribution >= 0.6 is 22.9 Å². The van der Waals surface area contributed by atoms with Crippen LogP contribution in [0.2, 0.25) is 5.02 Å². The first-order chi connectivity index (χ1) is 15.2. The van der Waals surface area contributed by atoms with Gasteiger partial charge in [0.05, 0.1) is 26.2 Å². The molecule has 0 saturated heterocycles. The Morgan fingerprint density at radius 1 is 1.09 bits per heavy atom. The van der Waals surface area contributed by atoms with E-state index in [-0.39, 0.29) is 15.6 Å². The summed E-state index contributed by atoms with van der Waals surface area (Å²) in [5.74, 6) is -0.605. The predicted molar refractivity (Wildman–Crippen MR) is 130 cm³/mol. The Morgan fingerprint density at radius 3 is 2.56 bits per heavy atom. The summed E-state index contributed by atoms with van der Waals surface area (Å²) in [6, 6.07) is 9.53. The summed E-state index contributed by atoms with van der Waals surface area (Å²) < 4.78 is 42.1. The van der Waals surface area contributed by atoms with Crippen molar-refractivity contribution in [3.8, 4) is 10.4 Å². The number of aromatic nitrogens is 1. The molecule has 1 heterocycles. The molecule has 2 N–H and O–H groups in total. The van der Waals surface area contributed by atoms with E-state index >= 15 is 0 Å². The van der Waals surface area contributed by atoms with Gasteiger partial charge in [-0.25, -0.2) is 17.8 Å². The number of hydrogen-bond donors (Lipinski definition) is 2. The van der Waals surface area contributed by atoms with Crippen molar-refractivity contribution in [1.82, 2.24) is 4.98 Å². The highest BCUT2D eigenvalue weighted by molar-refractivity contribution is 7.92. The molecule has 1 aliphatic carbocycles. The van der Waals surface area contributed by atoms with Crippen LogP contribution in [0.15, 0.2) is 41.3 Å². The lowest BCUT2D eigenvalue weighted by Gasteiger charge is -2.22. The number of nitrogens with zero attached hydrogens (tertiary/aromatic N) is 1. The first kappa shape index (κ1) is 23.0. The van der Waals surface area contributed by atoms with Crippen LogP contribution in [0.1, 0.15) is 43.4 Å². The molecule has 0 unspecified atom stereocenters. The number of anilines is 2. The third-order valence-corrected chi connectivity index (χ3v) is 8.59. The van der Waals surface area contributed by atoms with Crippen LogP contribution in [0, 0.1) is 19.7 Å². The lowest BCUT2D eigenvalue weighted by molar-refractivity contribution is 0.462. The summed E-state index contributed by atoms with van der Waals surface area (Å²) in [6.45, 7) is 3.68. The van der Waals surface area contributed by atoms with Crippen molar-refractivity contribution in [2.24, 2.45) is 0 Å². The quantitative estimate of drug-likeness (QED) is 0.397. The molecule has 0 atom stereocenters. The molecule has 170 valence electrons. The molecule has 2 aromatic carbocycles. The minimum Gasteiger partial charge on any atom is -0.359 e. The van der Waals surface area contributed by atoms with Crippen LogP contribution in [0.5, 0.6) is 0 Å². The predicted octanol–water partition coefficient (Wildman–Crippen LogP) is 6.76. The van der Waals surface area contributed by atoms with Gasteiger partial charge in [0.2, 0.25) is 0 Å². The van der Waals surface area contributed by atoms with Gasteiger partial charge in [-0.05, 0) is 62.1 Å². The van der Waals surface area contributed by atoms with Crippen LogP contribution in [-0.2, 0) is 10.0 Å². The van der Waals surface area contributed by atoms with Crippen LogP contribution in [0.25, 0.3) is 10.4 Å². The SMILES string of the molecule is Cc1ccc(-c2sc(NC3CCCCC3)nc2C)cc1S(=O)(=O)Nc1ccc(F)c(Cl)c1. The van der Waals surface area contributed by atoms with Crippen molar-refractivity contribution in [3.63, 3.8) is 0 Å². The maximum Gasteiger partial charge on any atom is 0.262 e. The number of nitrogens with one attached hydrogen (secondary N) is 2. The van der Waals surface area contributed by atoms with E-state index in [1.54, 1.807) is 30.4 Å². The van der Waals surface area contributed by atoms with Crippen LogP contribution in [-0.4, -0.2) is 19.4 Å². The van der Waals surface area contributed by atoms with Crippen LogP contribution in [0.3, 0.4) is 0 Å². The molecule has 0 radical (unpaired) electrons. The molecular weight excluding hydrogens is 469 g/mol. The van der Waals surface area contributed by atoms with Gasteiger partial charge in [-0.3, -0.25) is 4.72 Å². The van der Waals surface area contributed by atoms with Gasteiger partial charge in [0.15, 0.2) is 5.13 Å². The fourth-order valence-electron chi connectivity index (χ4n) is 3.95. The fourth-order valence-corrected chi connectivity index (χ4v) is 6.49. The van der Waals surface area contributed by atoms with Crippen LogP contribution in [0.4, 0.5) is 15.2 Å². The minimum absolute atomic E-state index is 0.144. The van der Waals surface area contributed by atoms with Gasteiger partial charge in [-0.2, -0.15) is 0 Å². The van der Waals surface area contributed by atoms with E-state index in [1.807, 2.05) is 13.0 Å². The highest BCUT2D eigenvalue weighted by Crippen LogP contribution is 2.36. The first-order valence-electron chi connectivity index (χ1n) is 10.6. The summed E-state index contributed by atoms with van der Waals surface area (Å²) >= 11 is 7.34. The Kier molecular flexibility index (Phi) is 6.74. The zero-order valence-corrected chi connectivity index (χ0v) is 20.3. The van der Waals surface area contributed by atoms with E-state index in [2.05, 4.69) is 15.0 Å². The molecule has 0 bridgehead atoms. The number of sulfonamides is 1. The Morgan fingerprint density at radius 2 is 1.84 bits per heavy atom. The van der Waals surface area contributed by atoms with Crippen molar-refractivity contribution >= 4 is 43.8 Å². The molecule has 1 aromatic heterocycles. The lowest BCUT2D eigenvalue weighted by Crippen LogP contribution is -2.21. The third kappa shape index (κ3) is 5.08. The number of hydrogen-bond acceptors (Lipinski definition) is 5. The number of benzene rings is 2. The Labute approximate surface area is 197 Å². The summed E-state index contributed by atoms with van der Waals surface area (Å²) in [5, 5.41) is 4.27. The topological polar surface area (TPSA) is 71.1 Å². The molecule has 9 heteroatoms. The highest BCUT2D eigenvalue weighted by atomic mass is 35.5. The molecule has 4 rings (SSSR count). The monoisotopic (exact) mass is 493 g/mol. The molecule has 1 saturated carbocycles. The van der Waals surface area contributed by atoms with Gasteiger partial charge in [0, 0.05) is 6.04 Å². The molecule has 1 fully saturated rings. The van der Waals surface area contributed by atoms with Gasteiger partial charge in [0.1, 0.15) is 5.82 Å². The van der Waals surface area contributed by atoms with Crippen molar-refractivity contribution in [2.75, 3.05) is 10.0 Å². The van der Waals surface area contributed by atoms with Crippen molar-refractivity contribution in [3.05, 3.63) is 58.5 Å². The second-order valence-electron chi connectivity index (χ2n) is 8.13. The molecule has 1 aliphatic rings. The Hall–Kier alpha value is -2.16. The van der Waals surface area contributed by atoms with E-state index < -0.39 is 15.8 Å². The maximum atomic E-state index is 13.4. The van der Waals surface area contributed by atoms with Gasteiger partial charge in [0.25, 0.3) is 10.0 Å². The molecule has 0 amide bonds. The Bertz CT molecular complexity index is 1240. The van der Waals surface area contributed by atoms with Gasteiger partial charge in [-0.1, -0.05) is 54.3 Å². The average Bonchev–Trinajstić information content (AvgIpc) is 3.11. The maximum absolute atomic E-state index is 13.4. The number of halogens is 2. The zero-order chi connectivity index (χ0) is 22.9. The lowest BCUT2D eigenvalue weighted by atomic mass is 9.96. The van der Waals surface area contributed by atoms with Crippen molar-refractivity contribution in [1.29, 1.82) is 0 Å².